The number of ether oxygens (including phenoxy) is 1. The molecule has 0 saturated heterocycles. The molecule has 0 unspecified atom stereocenters. The van der Waals surface area contributed by atoms with Gasteiger partial charge in [-0.05, 0) is 43.7 Å². The average Bonchev–Trinajstić information content (AvgIpc) is 3.27. The molecule has 2 aromatic rings. The maximum Gasteiger partial charge on any atom is 0.408 e. The van der Waals surface area contributed by atoms with Crippen LogP contribution in [-0.2, 0) is 27.5 Å². The highest BCUT2D eigenvalue weighted by Gasteiger charge is 2.31. The first-order chi connectivity index (χ1) is 19.6. The minimum atomic E-state index is -1.06. The summed E-state index contributed by atoms with van der Waals surface area (Å²) in [7, 11) is 0. The molecule has 3 atom stereocenters. The number of benzene rings is 1. The Labute approximate surface area is 243 Å². The van der Waals surface area contributed by atoms with Crippen molar-refractivity contribution >= 4 is 17.9 Å². The number of nitrogens with zero attached hydrogens (tertiary/aromatic N) is 2. The monoisotopic (exact) mass is 569 g/mol. The first-order valence-corrected chi connectivity index (χ1v) is 14.8. The second kappa shape index (κ2) is 16.1. The van der Waals surface area contributed by atoms with Gasteiger partial charge in [-0.2, -0.15) is 5.10 Å². The van der Waals surface area contributed by atoms with Crippen molar-refractivity contribution in [1.29, 1.82) is 0 Å². The molecule has 0 spiro atoms. The van der Waals surface area contributed by atoms with Gasteiger partial charge >= 0.3 is 6.09 Å². The van der Waals surface area contributed by atoms with Crippen LogP contribution in [0, 0.1) is 25.7 Å². The molecular weight excluding hydrogens is 522 g/mol. The van der Waals surface area contributed by atoms with Crippen LogP contribution in [0.3, 0.4) is 0 Å². The number of aliphatic hydroxyl groups is 1. The van der Waals surface area contributed by atoms with E-state index in [4.69, 9.17) is 4.74 Å². The van der Waals surface area contributed by atoms with Crippen LogP contribution in [-0.4, -0.2) is 57.5 Å². The van der Waals surface area contributed by atoms with E-state index in [1.807, 2.05) is 64.1 Å². The largest absolute Gasteiger partial charge is 0.445 e. The minimum absolute atomic E-state index is 0.0649. The second-order valence-electron chi connectivity index (χ2n) is 11.7. The van der Waals surface area contributed by atoms with Gasteiger partial charge in [0.05, 0.1) is 30.8 Å². The van der Waals surface area contributed by atoms with E-state index >= 15 is 0 Å². The fraction of sp³-hybridized carbons (Fsp3) is 0.613. The predicted molar refractivity (Wildman–Crippen MR) is 157 cm³/mol. The molecule has 10 heteroatoms. The molecule has 1 aromatic carbocycles. The Morgan fingerprint density at radius 1 is 1.07 bits per heavy atom. The summed E-state index contributed by atoms with van der Waals surface area (Å²) in [5.41, 5.74) is 2.47. The van der Waals surface area contributed by atoms with Crippen molar-refractivity contribution in [1.82, 2.24) is 25.7 Å². The topological polar surface area (TPSA) is 135 Å². The lowest BCUT2D eigenvalue weighted by Crippen LogP contribution is -2.55. The maximum atomic E-state index is 13.7. The number of hydrogen-bond donors (Lipinski definition) is 4. The van der Waals surface area contributed by atoms with Crippen LogP contribution >= 0.6 is 0 Å². The van der Waals surface area contributed by atoms with Crippen LogP contribution in [0.25, 0.3) is 0 Å². The molecule has 10 nitrogen and oxygen atoms in total. The SMILES string of the molecule is Cc1cc(C)n(C[C@H](NC(=O)OCc2ccccc2)C(=O)N[C@@H](CC2CCCCC2)[C@@H](O)CC(=O)NCC(C)C)n1. The zero-order chi connectivity index (χ0) is 29.8. The normalized spacial score (nSPS) is 16.0. The van der Waals surface area contributed by atoms with Crippen LogP contribution in [0.4, 0.5) is 4.79 Å². The van der Waals surface area contributed by atoms with Crippen molar-refractivity contribution in [3.63, 3.8) is 0 Å². The van der Waals surface area contributed by atoms with Gasteiger partial charge in [-0.15, -0.1) is 0 Å². The van der Waals surface area contributed by atoms with Crippen LogP contribution in [0.1, 0.15) is 75.7 Å². The fourth-order valence-corrected chi connectivity index (χ4v) is 5.23. The van der Waals surface area contributed by atoms with E-state index in [2.05, 4.69) is 21.0 Å². The summed E-state index contributed by atoms with van der Waals surface area (Å²) in [6, 6.07) is 9.54. The zero-order valence-electron chi connectivity index (χ0n) is 24.9. The number of alkyl carbamates (subject to hydrolysis) is 1. The number of nitrogens with one attached hydrogen (secondary N) is 3. The van der Waals surface area contributed by atoms with Crippen LogP contribution in [0.15, 0.2) is 36.4 Å². The first kappa shape index (κ1) is 32.1. The number of aryl methyl sites for hydroxylation is 2. The van der Waals surface area contributed by atoms with Crippen LogP contribution in [0.5, 0.6) is 0 Å². The number of aliphatic hydroxyl groups excluding tert-OH is 1. The molecule has 226 valence electrons. The Kier molecular flexibility index (Phi) is 12.6. The molecular formula is C31H47N5O5. The number of carbonyl (C=O) groups excluding carboxylic acids is 3. The molecule has 1 aliphatic carbocycles. The van der Waals surface area contributed by atoms with Gasteiger partial charge in [-0.1, -0.05) is 76.3 Å². The van der Waals surface area contributed by atoms with Crippen molar-refractivity contribution in [2.75, 3.05) is 6.54 Å². The number of carbonyl (C=O) groups is 3. The summed E-state index contributed by atoms with van der Waals surface area (Å²) >= 11 is 0. The standard InChI is InChI=1S/C31H47N5O5/c1-21(2)18-32-29(38)17-28(37)26(16-24-11-7-5-8-12-24)33-30(39)27(19-36-23(4)15-22(3)35-36)34-31(40)41-20-25-13-9-6-10-14-25/h6,9-10,13-15,21,24,26-28,37H,5,7-8,11-12,16-20H2,1-4H3,(H,32,38)(H,33,39)(H,34,40)/t26-,27-,28-/m0/s1. The Hall–Kier alpha value is -3.40. The molecule has 1 aliphatic rings. The van der Waals surface area contributed by atoms with Gasteiger partial charge in [0.25, 0.3) is 0 Å². The number of aromatic nitrogens is 2. The van der Waals surface area contributed by atoms with Crippen LogP contribution in [0.2, 0.25) is 0 Å². The molecule has 3 amide bonds. The van der Waals surface area contributed by atoms with Gasteiger partial charge in [0.1, 0.15) is 12.6 Å². The molecule has 1 fully saturated rings. The average molecular weight is 570 g/mol. The van der Waals surface area contributed by atoms with E-state index < -0.39 is 30.2 Å². The maximum absolute atomic E-state index is 13.7. The highest BCUT2D eigenvalue weighted by Crippen LogP contribution is 2.28. The fourth-order valence-electron chi connectivity index (χ4n) is 5.23. The highest BCUT2D eigenvalue weighted by molar-refractivity contribution is 5.86. The minimum Gasteiger partial charge on any atom is -0.445 e. The van der Waals surface area contributed by atoms with E-state index in [0.717, 1.165) is 42.6 Å². The third-order valence-electron chi connectivity index (χ3n) is 7.49. The molecule has 0 bridgehead atoms. The summed E-state index contributed by atoms with van der Waals surface area (Å²) in [6.07, 6.45) is 4.13. The number of amides is 3. The third-order valence-corrected chi connectivity index (χ3v) is 7.49. The van der Waals surface area contributed by atoms with E-state index in [0.29, 0.717) is 18.9 Å². The lowest BCUT2D eigenvalue weighted by molar-refractivity contribution is -0.128. The van der Waals surface area contributed by atoms with E-state index in [1.165, 1.54) is 6.42 Å². The van der Waals surface area contributed by atoms with Gasteiger partial charge in [0.2, 0.25) is 11.8 Å². The number of rotatable bonds is 14. The van der Waals surface area contributed by atoms with Crippen molar-refractivity contribution in [2.45, 2.75) is 104 Å². The third kappa shape index (κ3) is 11.2. The molecule has 41 heavy (non-hydrogen) atoms. The smallest absolute Gasteiger partial charge is 0.408 e. The molecule has 1 aromatic heterocycles. The predicted octanol–water partition coefficient (Wildman–Crippen LogP) is 3.77. The van der Waals surface area contributed by atoms with Crippen molar-refractivity contribution in [3.05, 3.63) is 53.3 Å². The summed E-state index contributed by atoms with van der Waals surface area (Å²) in [5.74, 6) is -0.0788. The Morgan fingerprint density at radius 3 is 2.41 bits per heavy atom. The highest BCUT2D eigenvalue weighted by atomic mass is 16.5. The summed E-state index contributed by atoms with van der Waals surface area (Å²) in [5, 5.41) is 24.1. The zero-order valence-corrected chi connectivity index (χ0v) is 24.9. The second-order valence-corrected chi connectivity index (χ2v) is 11.7. The van der Waals surface area contributed by atoms with Crippen LogP contribution < -0.4 is 16.0 Å². The van der Waals surface area contributed by atoms with E-state index in [9.17, 15) is 19.5 Å². The quantitative estimate of drug-likeness (QED) is 0.274. The van der Waals surface area contributed by atoms with E-state index in [-0.39, 0.29) is 31.4 Å². The van der Waals surface area contributed by atoms with Crippen molar-refractivity contribution in [3.8, 4) is 0 Å². The summed E-state index contributed by atoms with van der Waals surface area (Å²) in [4.78, 5) is 39.0. The molecule has 0 radical (unpaired) electrons. The molecule has 0 aliphatic heterocycles. The van der Waals surface area contributed by atoms with Gasteiger partial charge in [-0.3, -0.25) is 14.3 Å². The molecule has 1 heterocycles. The Morgan fingerprint density at radius 2 is 1.78 bits per heavy atom. The lowest BCUT2D eigenvalue weighted by Gasteiger charge is -2.31. The van der Waals surface area contributed by atoms with Gasteiger partial charge in [0, 0.05) is 12.2 Å². The molecule has 1 saturated carbocycles. The van der Waals surface area contributed by atoms with Crippen molar-refractivity contribution in [2.24, 2.45) is 11.8 Å². The van der Waals surface area contributed by atoms with Gasteiger partial charge in [-0.25, -0.2) is 4.79 Å². The summed E-state index contributed by atoms with van der Waals surface area (Å²) in [6.45, 7) is 8.43. The Balaban J connectivity index is 1.73. The Bertz CT molecular complexity index is 1110. The van der Waals surface area contributed by atoms with E-state index in [1.54, 1.807) is 4.68 Å². The molecule has 3 rings (SSSR count). The van der Waals surface area contributed by atoms with Gasteiger partial charge in [0.15, 0.2) is 0 Å². The molecule has 4 N–H and O–H groups in total. The first-order valence-electron chi connectivity index (χ1n) is 14.8. The number of hydrogen-bond acceptors (Lipinski definition) is 6. The van der Waals surface area contributed by atoms with Crippen molar-refractivity contribution < 1.29 is 24.2 Å². The summed E-state index contributed by atoms with van der Waals surface area (Å²) < 4.78 is 7.06. The lowest BCUT2D eigenvalue weighted by atomic mass is 9.83. The van der Waals surface area contributed by atoms with Gasteiger partial charge < -0.3 is 25.8 Å².